The normalized spacial score (nSPS) is 11.0. The summed E-state index contributed by atoms with van der Waals surface area (Å²) < 4.78 is 6.48. The summed E-state index contributed by atoms with van der Waals surface area (Å²) >= 11 is 6.20. The van der Waals surface area contributed by atoms with Crippen LogP contribution < -0.4 is 5.32 Å². The molecule has 0 spiro atoms. The van der Waals surface area contributed by atoms with Gasteiger partial charge in [-0.15, -0.1) is 0 Å². The van der Waals surface area contributed by atoms with Gasteiger partial charge in [-0.05, 0) is 29.4 Å². The molecule has 0 saturated carbocycles. The first kappa shape index (κ1) is 13.6. The predicted octanol–water partition coefficient (Wildman–Crippen LogP) is 2.90. The Balaban J connectivity index is 1.90. The van der Waals surface area contributed by atoms with Gasteiger partial charge in [-0.2, -0.15) is 0 Å². The third kappa shape index (κ3) is 2.38. The van der Waals surface area contributed by atoms with Crippen LogP contribution in [0.2, 0.25) is 5.02 Å². The second-order valence-corrected chi connectivity index (χ2v) is 5.16. The second kappa shape index (κ2) is 5.33. The standard InChI is InChI=1S/C14H10ClN7O/c1-8-16-6-7-22(8)14-13(17-10-5-3-2-4-9(10)15)18-11-12(19-14)21-23-20-11/h2-7H,1H3,(H,17,18,20). The highest BCUT2D eigenvalue weighted by Crippen LogP contribution is 2.27. The number of hydrogen-bond donors (Lipinski definition) is 1. The highest BCUT2D eigenvalue weighted by atomic mass is 35.5. The van der Waals surface area contributed by atoms with Crippen molar-refractivity contribution in [3.63, 3.8) is 0 Å². The maximum Gasteiger partial charge on any atom is 0.245 e. The van der Waals surface area contributed by atoms with E-state index in [1.807, 2.05) is 25.1 Å². The van der Waals surface area contributed by atoms with Crippen molar-refractivity contribution < 1.29 is 4.63 Å². The molecule has 4 aromatic rings. The Morgan fingerprint density at radius 2 is 1.91 bits per heavy atom. The molecule has 3 aromatic heterocycles. The van der Waals surface area contributed by atoms with Gasteiger partial charge >= 0.3 is 0 Å². The molecule has 1 N–H and O–H groups in total. The fourth-order valence-electron chi connectivity index (χ4n) is 2.17. The first-order valence-electron chi connectivity index (χ1n) is 6.74. The first-order chi connectivity index (χ1) is 11.2. The quantitative estimate of drug-likeness (QED) is 0.618. The Hall–Kier alpha value is -3.00. The molecule has 4 rings (SSSR count). The van der Waals surface area contributed by atoms with Crippen molar-refractivity contribution in [1.29, 1.82) is 0 Å². The predicted molar refractivity (Wildman–Crippen MR) is 84.0 cm³/mol. The van der Waals surface area contributed by atoms with E-state index in [2.05, 4.69) is 30.6 Å². The number of nitrogens with one attached hydrogen (secondary N) is 1. The number of aryl methyl sites for hydroxylation is 1. The average Bonchev–Trinajstić information content (AvgIpc) is 3.17. The molecule has 23 heavy (non-hydrogen) atoms. The largest absolute Gasteiger partial charge is 0.336 e. The second-order valence-electron chi connectivity index (χ2n) is 4.76. The van der Waals surface area contributed by atoms with Gasteiger partial charge in [0.25, 0.3) is 0 Å². The maximum atomic E-state index is 6.20. The molecule has 0 radical (unpaired) electrons. The molecule has 114 valence electrons. The van der Waals surface area contributed by atoms with Crippen LogP contribution in [0, 0.1) is 6.92 Å². The van der Waals surface area contributed by atoms with Crippen LogP contribution in [0.25, 0.3) is 17.1 Å². The van der Waals surface area contributed by atoms with E-state index >= 15 is 0 Å². The summed E-state index contributed by atoms with van der Waals surface area (Å²) in [5.74, 6) is 1.77. The molecule has 0 amide bonds. The smallest absolute Gasteiger partial charge is 0.245 e. The average molecular weight is 328 g/mol. The lowest BCUT2D eigenvalue weighted by molar-refractivity contribution is 0.314. The summed E-state index contributed by atoms with van der Waals surface area (Å²) in [5, 5.41) is 11.2. The zero-order valence-corrected chi connectivity index (χ0v) is 12.7. The van der Waals surface area contributed by atoms with E-state index in [9.17, 15) is 0 Å². The van der Waals surface area contributed by atoms with E-state index in [4.69, 9.17) is 16.2 Å². The third-order valence-corrected chi connectivity index (χ3v) is 3.61. The van der Waals surface area contributed by atoms with Gasteiger partial charge in [0.2, 0.25) is 11.3 Å². The van der Waals surface area contributed by atoms with Gasteiger partial charge < -0.3 is 5.32 Å². The number of aromatic nitrogens is 6. The number of fused-ring (bicyclic) bond motifs is 1. The van der Waals surface area contributed by atoms with E-state index in [1.165, 1.54) is 0 Å². The van der Waals surface area contributed by atoms with Crippen LogP contribution in [-0.2, 0) is 0 Å². The Kier molecular flexibility index (Phi) is 3.16. The van der Waals surface area contributed by atoms with Crippen LogP contribution in [0.15, 0.2) is 41.3 Å². The van der Waals surface area contributed by atoms with Crippen LogP contribution in [0.3, 0.4) is 0 Å². The Morgan fingerprint density at radius 3 is 2.65 bits per heavy atom. The molecule has 9 heteroatoms. The number of imidazole rings is 1. The number of anilines is 2. The lowest BCUT2D eigenvalue weighted by Gasteiger charge is -2.12. The molecule has 0 aliphatic carbocycles. The van der Waals surface area contributed by atoms with E-state index in [0.29, 0.717) is 33.6 Å². The van der Waals surface area contributed by atoms with Crippen LogP contribution >= 0.6 is 11.6 Å². The summed E-state index contributed by atoms with van der Waals surface area (Å²) in [5.41, 5.74) is 1.33. The fourth-order valence-corrected chi connectivity index (χ4v) is 2.36. The molecule has 0 bridgehead atoms. The number of nitrogens with zero attached hydrogens (tertiary/aromatic N) is 6. The van der Waals surface area contributed by atoms with Crippen molar-refractivity contribution in [2.45, 2.75) is 6.92 Å². The molecule has 0 aliphatic rings. The zero-order valence-electron chi connectivity index (χ0n) is 11.9. The SMILES string of the molecule is Cc1nccn1-c1nc2nonc2nc1Nc1ccccc1Cl. The Morgan fingerprint density at radius 1 is 1.13 bits per heavy atom. The minimum absolute atomic E-state index is 0.307. The van der Waals surface area contributed by atoms with Crippen LogP contribution in [0.4, 0.5) is 11.5 Å². The van der Waals surface area contributed by atoms with Gasteiger partial charge in [-0.3, -0.25) is 4.57 Å². The van der Waals surface area contributed by atoms with Crippen molar-refractivity contribution in [2.24, 2.45) is 0 Å². The van der Waals surface area contributed by atoms with Crippen LogP contribution in [0.1, 0.15) is 5.82 Å². The maximum absolute atomic E-state index is 6.20. The molecular weight excluding hydrogens is 318 g/mol. The van der Waals surface area contributed by atoms with Crippen molar-refractivity contribution in [2.75, 3.05) is 5.32 Å². The van der Waals surface area contributed by atoms with E-state index in [-0.39, 0.29) is 0 Å². The van der Waals surface area contributed by atoms with Crippen LogP contribution in [-0.4, -0.2) is 29.8 Å². The van der Waals surface area contributed by atoms with Crippen molar-refractivity contribution >= 4 is 34.4 Å². The molecule has 1 aromatic carbocycles. The Labute approximate surface area is 135 Å². The van der Waals surface area contributed by atoms with Gasteiger partial charge in [0.15, 0.2) is 11.6 Å². The molecule has 0 fully saturated rings. The molecule has 0 aliphatic heterocycles. The highest BCUT2D eigenvalue weighted by molar-refractivity contribution is 6.33. The van der Waals surface area contributed by atoms with Gasteiger partial charge in [0.1, 0.15) is 5.82 Å². The third-order valence-electron chi connectivity index (χ3n) is 3.28. The minimum atomic E-state index is 0.307. The summed E-state index contributed by atoms with van der Waals surface area (Å²) in [6.07, 6.45) is 3.47. The first-order valence-corrected chi connectivity index (χ1v) is 7.12. The number of benzene rings is 1. The highest BCUT2D eigenvalue weighted by Gasteiger charge is 2.16. The van der Waals surface area contributed by atoms with Crippen LogP contribution in [0.5, 0.6) is 0 Å². The number of halogens is 1. The van der Waals surface area contributed by atoms with E-state index < -0.39 is 0 Å². The summed E-state index contributed by atoms with van der Waals surface area (Å²) in [7, 11) is 0. The number of hydrogen-bond acceptors (Lipinski definition) is 7. The van der Waals surface area contributed by atoms with Gasteiger partial charge in [0, 0.05) is 12.4 Å². The molecule has 0 saturated heterocycles. The lowest BCUT2D eigenvalue weighted by Crippen LogP contribution is -2.07. The van der Waals surface area contributed by atoms with E-state index in [1.54, 1.807) is 23.0 Å². The fraction of sp³-hybridized carbons (Fsp3) is 0.0714. The minimum Gasteiger partial charge on any atom is -0.336 e. The number of para-hydroxylation sites is 1. The lowest BCUT2D eigenvalue weighted by atomic mass is 10.3. The van der Waals surface area contributed by atoms with Gasteiger partial charge in [0.05, 0.1) is 10.7 Å². The topological polar surface area (TPSA) is 94.5 Å². The molecule has 3 heterocycles. The van der Waals surface area contributed by atoms with Crippen molar-refractivity contribution in [1.82, 2.24) is 29.8 Å². The van der Waals surface area contributed by atoms with Gasteiger partial charge in [-0.1, -0.05) is 23.7 Å². The molecular formula is C14H10ClN7O. The molecule has 0 atom stereocenters. The molecule has 0 unspecified atom stereocenters. The molecule has 8 nitrogen and oxygen atoms in total. The summed E-state index contributed by atoms with van der Waals surface area (Å²) in [6, 6.07) is 7.36. The monoisotopic (exact) mass is 327 g/mol. The van der Waals surface area contributed by atoms with E-state index in [0.717, 1.165) is 5.82 Å². The van der Waals surface area contributed by atoms with Crippen molar-refractivity contribution in [3.8, 4) is 5.82 Å². The number of rotatable bonds is 3. The zero-order chi connectivity index (χ0) is 15.8. The summed E-state index contributed by atoms with van der Waals surface area (Å²) in [4.78, 5) is 13.1. The van der Waals surface area contributed by atoms with Gasteiger partial charge in [-0.25, -0.2) is 19.6 Å². The Bertz CT molecular complexity index is 994. The van der Waals surface area contributed by atoms with Crippen molar-refractivity contribution in [3.05, 3.63) is 47.5 Å². The summed E-state index contributed by atoms with van der Waals surface area (Å²) in [6.45, 7) is 1.87.